The van der Waals surface area contributed by atoms with Crippen molar-refractivity contribution < 1.29 is 9.90 Å². The lowest BCUT2D eigenvalue weighted by atomic mass is 9.79. The molecule has 0 amide bonds. The third-order valence-corrected chi connectivity index (χ3v) is 2.95. The largest absolute Gasteiger partial charge is 0.480 e. The van der Waals surface area contributed by atoms with Crippen molar-refractivity contribution >= 4 is 18.4 Å². The van der Waals surface area contributed by atoms with E-state index in [1.54, 1.807) is 0 Å². The summed E-state index contributed by atoms with van der Waals surface area (Å²) in [5.74, 6) is 0.424. The van der Waals surface area contributed by atoms with Crippen LogP contribution in [0.25, 0.3) is 0 Å². The molecule has 1 rings (SSSR count). The van der Waals surface area contributed by atoms with E-state index in [-0.39, 0.29) is 12.4 Å². The third-order valence-electron chi connectivity index (χ3n) is 2.95. The van der Waals surface area contributed by atoms with Gasteiger partial charge in [-0.2, -0.15) is 0 Å². The second-order valence-electron chi connectivity index (χ2n) is 4.32. The lowest BCUT2D eigenvalue weighted by molar-refractivity contribution is -0.139. The van der Waals surface area contributed by atoms with E-state index < -0.39 is 12.0 Å². The van der Waals surface area contributed by atoms with Crippen LogP contribution in [0.2, 0.25) is 0 Å². The molecule has 0 aromatic carbocycles. The first kappa shape index (κ1) is 13.7. The maximum Gasteiger partial charge on any atom is 0.320 e. The predicted molar refractivity (Wildman–Crippen MR) is 58.6 cm³/mol. The molecule has 0 aromatic heterocycles. The molecule has 0 saturated heterocycles. The molecule has 0 heterocycles. The molecule has 0 aliphatic heterocycles. The van der Waals surface area contributed by atoms with Crippen molar-refractivity contribution in [3.63, 3.8) is 0 Å². The Kier molecular flexibility index (Phi) is 6.12. The van der Waals surface area contributed by atoms with Gasteiger partial charge in [-0.3, -0.25) is 4.79 Å². The molecule has 1 aliphatic rings. The van der Waals surface area contributed by atoms with Gasteiger partial charge in [-0.25, -0.2) is 0 Å². The maximum absolute atomic E-state index is 10.5. The van der Waals surface area contributed by atoms with Gasteiger partial charge >= 0.3 is 5.97 Å². The number of carboxylic acids is 1. The topological polar surface area (TPSA) is 63.3 Å². The van der Waals surface area contributed by atoms with Crippen molar-refractivity contribution in [2.45, 2.75) is 45.1 Å². The minimum absolute atomic E-state index is 0. The Morgan fingerprint density at radius 2 is 2.21 bits per heavy atom. The molecule has 0 aromatic rings. The number of hydrogen-bond donors (Lipinski definition) is 2. The zero-order chi connectivity index (χ0) is 9.84. The summed E-state index contributed by atoms with van der Waals surface area (Å²) in [6, 6.07) is -0.657. The average Bonchev–Trinajstić information content (AvgIpc) is 2.04. The van der Waals surface area contributed by atoms with Crippen LogP contribution in [0, 0.1) is 11.8 Å². The Hall–Kier alpha value is -0.280. The maximum atomic E-state index is 10.5. The summed E-state index contributed by atoms with van der Waals surface area (Å²) in [5.41, 5.74) is 5.49. The molecule has 3 unspecified atom stereocenters. The molecular weight excluding hydrogens is 202 g/mol. The number of nitrogens with two attached hydrogens (primary N) is 1. The van der Waals surface area contributed by atoms with Crippen molar-refractivity contribution in [1.29, 1.82) is 0 Å². The molecule has 4 heteroatoms. The Balaban J connectivity index is 0.00000169. The van der Waals surface area contributed by atoms with Gasteiger partial charge in [-0.05, 0) is 24.7 Å². The Morgan fingerprint density at radius 3 is 2.71 bits per heavy atom. The standard InChI is InChI=1S/C10H19NO2.ClH/c1-7-3-2-4-8(5-7)6-9(11)10(12)13;/h7-9H,2-6,11H2,1H3,(H,12,13);1H. The third kappa shape index (κ3) is 4.29. The van der Waals surface area contributed by atoms with Gasteiger partial charge in [-0.15, -0.1) is 12.4 Å². The summed E-state index contributed by atoms with van der Waals surface area (Å²) >= 11 is 0. The second-order valence-corrected chi connectivity index (χ2v) is 4.32. The highest BCUT2D eigenvalue weighted by Crippen LogP contribution is 2.31. The van der Waals surface area contributed by atoms with Gasteiger partial charge in [-0.1, -0.05) is 26.2 Å². The summed E-state index contributed by atoms with van der Waals surface area (Å²) in [7, 11) is 0. The normalized spacial score (nSPS) is 29.0. The van der Waals surface area contributed by atoms with Gasteiger partial charge in [0.25, 0.3) is 0 Å². The van der Waals surface area contributed by atoms with Crippen molar-refractivity contribution in [2.24, 2.45) is 17.6 Å². The monoisotopic (exact) mass is 221 g/mol. The summed E-state index contributed by atoms with van der Waals surface area (Å²) in [5, 5.41) is 8.65. The van der Waals surface area contributed by atoms with Crippen LogP contribution < -0.4 is 5.73 Å². The highest BCUT2D eigenvalue weighted by molar-refractivity contribution is 5.85. The summed E-state index contributed by atoms with van der Waals surface area (Å²) < 4.78 is 0. The van der Waals surface area contributed by atoms with Crippen molar-refractivity contribution in [3.8, 4) is 0 Å². The molecule has 0 bridgehead atoms. The van der Waals surface area contributed by atoms with E-state index in [0.717, 1.165) is 18.8 Å². The molecular formula is C10H20ClNO2. The van der Waals surface area contributed by atoms with Crippen molar-refractivity contribution in [1.82, 2.24) is 0 Å². The molecule has 1 fully saturated rings. The highest BCUT2D eigenvalue weighted by Gasteiger charge is 2.23. The molecule has 3 nitrogen and oxygen atoms in total. The molecule has 1 saturated carbocycles. The van der Waals surface area contributed by atoms with E-state index in [4.69, 9.17) is 10.8 Å². The van der Waals surface area contributed by atoms with Crippen LogP contribution >= 0.6 is 12.4 Å². The number of hydrogen-bond acceptors (Lipinski definition) is 2. The molecule has 3 atom stereocenters. The molecule has 1 aliphatic carbocycles. The van der Waals surface area contributed by atoms with Gasteiger partial charge in [0, 0.05) is 0 Å². The van der Waals surface area contributed by atoms with Crippen LogP contribution in [0.3, 0.4) is 0 Å². The molecule has 14 heavy (non-hydrogen) atoms. The second kappa shape index (κ2) is 6.25. The van der Waals surface area contributed by atoms with Crippen molar-refractivity contribution in [2.75, 3.05) is 0 Å². The first-order valence-corrected chi connectivity index (χ1v) is 5.08. The van der Waals surface area contributed by atoms with Crippen LogP contribution in [-0.2, 0) is 4.79 Å². The average molecular weight is 222 g/mol. The Morgan fingerprint density at radius 1 is 1.57 bits per heavy atom. The number of aliphatic carboxylic acids is 1. The fourth-order valence-electron chi connectivity index (χ4n) is 2.23. The molecule has 0 spiro atoms. The van der Waals surface area contributed by atoms with E-state index in [2.05, 4.69) is 6.92 Å². The van der Waals surface area contributed by atoms with Gasteiger partial charge < -0.3 is 10.8 Å². The summed E-state index contributed by atoms with van der Waals surface area (Å²) in [4.78, 5) is 10.5. The molecule has 0 radical (unpaired) electrons. The van der Waals surface area contributed by atoms with Gasteiger partial charge in [0.2, 0.25) is 0 Å². The minimum atomic E-state index is -0.863. The number of halogens is 1. The molecule has 84 valence electrons. The summed E-state index contributed by atoms with van der Waals surface area (Å²) in [6.45, 7) is 2.23. The van der Waals surface area contributed by atoms with Crippen LogP contribution in [0.15, 0.2) is 0 Å². The van der Waals surface area contributed by atoms with E-state index in [1.165, 1.54) is 12.8 Å². The smallest absolute Gasteiger partial charge is 0.320 e. The number of rotatable bonds is 3. The first-order chi connectivity index (χ1) is 6.09. The van der Waals surface area contributed by atoms with E-state index in [9.17, 15) is 4.79 Å². The van der Waals surface area contributed by atoms with E-state index >= 15 is 0 Å². The minimum Gasteiger partial charge on any atom is -0.480 e. The van der Waals surface area contributed by atoms with Crippen LogP contribution in [0.5, 0.6) is 0 Å². The number of carboxylic acid groups (broad SMARTS) is 1. The fraction of sp³-hybridized carbons (Fsp3) is 0.900. The van der Waals surface area contributed by atoms with Gasteiger partial charge in [0.05, 0.1) is 0 Å². The van der Waals surface area contributed by atoms with Crippen LogP contribution in [0.1, 0.15) is 39.0 Å². The van der Waals surface area contributed by atoms with E-state index in [0.29, 0.717) is 12.3 Å². The lowest BCUT2D eigenvalue weighted by Crippen LogP contribution is -2.33. The van der Waals surface area contributed by atoms with Crippen LogP contribution in [-0.4, -0.2) is 17.1 Å². The quantitative estimate of drug-likeness (QED) is 0.767. The Bertz CT molecular complexity index is 187. The summed E-state index contributed by atoms with van der Waals surface area (Å²) in [6.07, 6.45) is 5.49. The predicted octanol–water partition coefficient (Wildman–Crippen LogP) is 2.04. The molecule has 3 N–H and O–H groups in total. The van der Waals surface area contributed by atoms with Crippen molar-refractivity contribution in [3.05, 3.63) is 0 Å². The van der Waals surface area contributed by atoms with Gasteiger partial charge in [0.1, 0.15) is 6.04 Å². The number of carbonyl (C=O) groups is 1. The van der Waals surface area contributed by atoms with E-state index in [1.807, 2.05) is 0 Å². The SMILES string of the molecule is CC1CCCC(CC(N)C(=O)O)C1.Cl. The zero-order valence-electron chi connectivity index (χ0n) is 8.61. The highest BCUT2D eigenvalue weighted by atomic mass is 35.5. The van der Waals surface area contributed by atoms with Crippen LogP contribution in [0.4, 0.5) is 0 Å². The zero-order valence-corrected chi connectivity index (χ0v) is 9.43. The Labute approximate surface area is 91.5 Å². The van der Waals surface area contributed by atoms with Gasteiger partial charge in [0.15, 0.2) is 0 Å². The lowest BCUT2D eigenvalue weighted by Gasteiger charge is -2.27. The first-order valence-electron chi connectivity index (χ1n) is 5.08. The fourth-order valence-corrected chi connectivity index (χ4v) is 2.23.